The molecular formula is C13H21NS. The van der Waals surface area contributed by atoms with Crippen LogP contribution in [0.15, 0.2) is 17.5 Å². The monoisotopic (exact) mass is 223 g/mol. The summed E-state index contributed by atoms with van der Waals surface area (Å²) in [7, 11) is 0. The molecule has 1 saturated carbocycles. The van der Waals surface area contributed by atoms with Gasteiger partial charge in [-0.25, -0.2) is 0 Å². The van der Waals surface area contributed by atoms with Gasteiger partial charge in [-0.2, -0.15) is 0 Å². The van der Waals surface area contributed by atoms with E-state index in [1.165, 1.54) is 24.1 Å². The van der Waals surface area contributed by atoms with E-state index in [4.69, 9.17) is 5.73 Å². The Labute approximate surface area is 96.7 Å². The highest BCUT2D eigenvalue weighted by Crippen LogP contribution is 2.39. The highest BCUT2D eigenvalue weighted by Gasteiger charge is 2.29. The van der Waals surface area contributed by atoms with E-state index in [1.807, 2.05) is 0 Å². The molecule has 1 aliphatic rings. The van der Waals surface area contributed by atoms with Gasteiger partial charge in [0.15, 0.2) is 0 Å². The van der Waals surface area contributed by atoms with E-state index in [1.54, 1.807) is 11.3 Å². The molecule has 0 amide bonds. The minimum atomic E-state index is 0.278. The van der Waals surface area contributed by atoms with E-state index in [0.29, 0.717) is 5.92 Å². The third kappa shape index (κ3) is 2.43. The fourth-order valence-corrected chi connectivity index (χ4v) is 3.45. The zero-order valence-corrected chi connectivity index (χ0v) is 10.5. The highest BCUT2D eigenvalue weighted by molar-refractivity contribution is 7.10. The summed E-state index contributed by atoms with van der Waals surface area (Å²) in [5.41, 5.74) is 6.33. The van der Waals surface area contributed by atoms with Gasteiger partial charge in [0, 0.05) is 10.9 Å². The minimum Gasteiger partial charge on any atom is -0.323 e. The lowest BCUT2D eigenvalue weighted by atomic mass is 9.73. The molecule has 2 heteroatoms. The molecule has 1 fully saturated rings. The molecule has 1 aromatic heterocycles. The Kier molecular flexibility index (Phi) is 3.47. The summed E-state index contributed by atoms with van der Waals surface area (Å²) in [6.45, 7) is 4.75. The maximum absolute atomic E-state index is 6.33. The van der Waals surface area contributed by atoms with Crippen molar-refractivity contribution in [3.05, 3.63) is 22.4 Å². The third-order valence-electron chi connectivity index (χ3n) is 4.02. The average Bonchev–Trinajstić information content (AvgIpc) is 2.74. The van der Waals surface area contributed by atoms with Gasteiger partial charge in [-0.15, -0.1) is 11.3 Å². The summed E-state index contributed by atoms with van der Waals surface area (Å²) >= 11 is 1.80. The Bertz CT molecular complexity index is 293. The van der Waals surface area contributed by atoms with Crippen molar-refractivity contribution in [3.8, 4) is 0 Å². The SMILES string of the molecule is CC1CCC(C(N)c2cccs2)CC1C. The van der Waals surface area contributed by atoms with Crippen LogP contribution in [0.3, 0.4) is 0 Å². The molecule has 1 aliphatic carbocycles. The Morgan fingerprint density at radius 1 is 1.33 bits per heavy atom. The summed E-state index contributed by atoms with van der Waals surface area (Å²) in [4.78, 5) is 1.36. The number of hydrogen-bond donors (Lipinski definition) is 1. The van der Waals surface area contributed by atoms with Crippen LogP contribution in [0.1, 0.15) is 44.0 Å². The highest BCUT2D eigenvalue weighted by atomic mass is 32.1. The van der Waals surface area contributed by atoms with Gasteiger partial charge in [-0.3, -0.25) is 0 Å². The molecule has 4 atom stereocenters. The van der Waals surface area contributed by atoms with E-state index >= 15 is 0 Å². The smallest absolute Gasteiger partial charge is 0.0418 e. The quantitative estimate of drug-likeness (QED) is 0.810. The van der Waals surface area contributed by atoms with Crippen LogP contribution < -0.4 is 5.73 Å². The van der Waals surface area contributed by atoms with E-state index < -0.39 is 0 Å². The molecule has 4 unspecified atom stereocenters. The van der Waals surface area contributed by atoms with Gasteiger partial charge in [0.2, 0.25) is 0 Å². The molecule has 0 bridgehead atoms. The maximum atomic E-state index is 6.33. The van der Waals surface area contributed by atoms with Crippen LogP contribution >= 0.6 is 11.3 Å². The molecule has 0 radical (unpaired) electrons. The largest absolute Gasteiger partial charge is 0.323 e. The molecular weight excluding hydrogens is 202 g/mol. The van der Waals surface area contributed by atoms with Gasteiger partial charge in [0.1, 0.15) is 0 Å². The minimum absolute atomic E-state index is 0.278. The molecule has 1 nitrogen and oxygen atoms in total. The van der Waals surface area contributed by atoms with Crippen molar-refractivity contribution in [1.82, 2.24) is 0 Å². The molecule has 0 spiro atoms. The molecule has 2 N–H and O–H groups in total. The second-order valence-electron chi connectivity index (χ2n) is 5.07. The van der Waals surface area contributed by atoms with Gasteiger partial charge in [-0.1, -0.05) is 26.3 Å². The number of thiophene rings is 1. The van der Waals surface area contributed by atoms with Crippen LogP contribution in [0.25, 0.3) is 0 Å². The van der Waals surface area contributed by atoms with Crippen molar-refractivity contribution in [1.29, 1.82) is 0 Å². The first-order valence-corrected chi connectivity index (χ1v) is 6.85. The maximum Gasteiger partial charge on any atom is 0.0418 e. The topological polar surface area (TPSA) is 26.0 Å². The molecule has 1 heterocycles. The number of hydrogen-bond acceptors (Lipinski definition) is 2. The van der Waals surface area contributed by atoms with Gasteiger partial charge in [0.05, 0.1) is 0 Å². The van der Waals surface area contributed by atoms with Crippen LogP contribution in [0.4, 0.5) is 0 Å². The third-order valence-corrected chi connectivity index (χ3v) is 4.99. The van der Waals surface area contributed by atoms with Crippen LogP contribution in [-0.4, -0.2) is 0 Å². The van der Waals surface area contributed by atoms with E-state index in [0.717, 1.165) is 11.8 Å². The van der Waals surface area contributed by atoms with Crippen molar-refractivity contribution in [2.45, 2.75) is 39.2 Å². The fourth-order valence-electron chi connectivity index (χ4n) is 2.63. The second kappa shape index (κ2) is 4.67. The standard InChI is InChI=1S/C13H21NS/c1-9-5-6-11(8-10(9)2)13(14)12-4-3-7-15-12/h3-4,7,9-11,13H,5-6,8,14H2,1-2H3. The first-order valence-electron chi connectivity index (χ1n) is 5.97. The summed E-state index contributed by atoms with van der Waals surface area (Å²) in [6, 6.07) is 4.56. The zero-order chi connectivity index (χ0) is 10.8. The first-order chi connectivity index (χ1) is 7.18. The Morgan fingerprint density at radius 3 is 2.73 bits per heavy atom. The molecule has 0 saturated heterocycles. The summed E-state index contributed by atoms with van der Waals surface area (Å²) in [5.74, 6) is 2.43. The fraction of sp³-hybridized carbons (Fsp3) is 0.692. The van der Waals surface area contributed by atoms with E-state index in [9.17, 15) is 0 Å². The van der Waals surface area contributed by atoms with Crippen molar-refractivity contribution >= 4 is 11.3 Å². The number of nitrogens with two attached hydrogens (primary N) is 1. The molecule has 1 aromatic rings. The van der Waals surface area contributed by atoms with Crippen molar-refractivity contribution in [2.75, 3.05) is 0 Å². The Balaban J connectivity index is 2.00. The normalized spacial score (nSPS) is 33.9. The van der Waals surface area contributed by atoms with Gasteiger partial charge in [0.25, 0.3) is 0 Å². The molecule has 2 rings (SSSR count). The summed E-state index contributed by atoms with van der Waals surface area (Å²) < 4.78 is 0. The molecule has 84 valence electrons. The average molecular weight is 223 g/mol. The van der Waals surface area contributed by atoms with Crippen LogP contribution in [-0.2, 0) is 0 Å². The van der Waals surface area contributed by atoms with Gasteiger partial charge < -0.3 is 5.73 Å². The molecule has 15 heavy (non-hydrogen) atoms. The number of rotatable bonds is 2. The molecule has 0 aromatic carbocycles. The lowest BCUT2D eigenvalue weighted by Crippen LogP contribution is -2.28. The lowest BCUT2D eigenvalue weighted by Gasteiger charge is -2.34. The van der Waals surface area contributed by atoms with E-state index in [-0.39, 0.29) is 6.04 Å². The van der Waals surface area contributed by atoms with E-state index in [2.05, 4.69) is 31.4 Å². The Hall–Kier alpha value is -0.340. The van der Waals surface area contributed by atoms with Crippen molar-refractivity contribution in [3.63, 3.8) is 0 Å². The predicted molar refractivity (Wildman–Crippen MR) is 66.9 cm³/mol. The second-order valence-corrected chi connectivity index (χ2v) is 6.05. The summed E-state index contributed by atoms with van der Waals surface area (Å²) in [5, 5.41) is 2.13. The Morgan fingerprint density at radius 2 is 2.13 bits per heavy atom. The lowest BCUT2D eigenvalue weighted by molar-refractivity contribution is 0.187. The zero-order valence-electron chi connectivity index (χ0n) is 9.65. The van der Waals surface area contributed by atoms with Crippen molar-refractivity contribution < 1.29 is 0 Å². The van der Waals surface area contributed by atoms with Gasteiger partial charge in [-0.05, 0) is 42.0 Å². The van der Waals surface area contributed by atoms with Crippen LogP contribution in [0.5, 0.6) is 0 Å². The van der Waals surface area contributed by atoms with Crippen molar-refractivity contribution in [2.24, 2.45) is 23.5 Å². The summed E-state index contributed by atoms with van der Waals surface area (Å²) in [6.07, 6.45) is 3.97. The molecule has 0 aliphatic heterocycles. The van der Waals surface area contributed by atoms with Gasteiger partial charge >= 0.3 is 0 Å². The van der Waals surface area contributed by atoms with Crippen LogP contribution in [0, 0.1) is 17.8 Å². The first kappa shape index (κ1) is 11.2. The predicted octanol–water partition coefficient (Wildman–Crippen LogP) is 3.82. The van der Waals surface area contributed by atoms with Crippen LogP contribution in [0.2, 0.25) is 0 Å².